The molecule has 112 valence electrons. The van der Waals surface area contributed by atoms with Gasteiger partial charge in [-0.25, -0.2) is 0 Å². The number of esters is 1. The molecule has 0 radical (unpaired) electrons. The van der Waals surface area contributed by atoms with Gasteiger partial charge in [-0.15, -0.1) is 11.3 Å². The number of rotatable bonds is 9. The molecular formula is C14H21NO4S. The van der Waals surface area contributed by atoms with Gasteiger partial charge in [0.2, 0.25) is 5.91 Å². The van der Waals surface area contributed by atoms with Gasteiger partial charge >= 0.3 is 5.97 Å². The fourth-order valence-corrected chi connectivity index (χ4v) is 2.44. The van der Waals surface area contributed by atoms with Crippen LogP contribution in [0.1, 0.15) is 17.7 Å². The number of hydrogen-bond acceptors (Lipinski definition) is 5. The van der Waals surface area contributed by atoms with E-state index in [2.05, 4.69) is 4.74 Å². The van der Waals surface area contributed by atoms with Gasteiger partial charge in [0.05, 0.1) is 20.1 Å². The van der Waals surface area contributed by atoms with Gasteiger partial charge in [0.1, 0.15) is 0 Å². The van der Waals surface area contributed by atoms with Gasteiger partial charge in [0.15, 0.2) is 0 Å². The van der Waals surface area contributed by atoms with Gasteiger partial charge in [0, 0.05) is 31.5 Å². The minimum Gasteiger partial charge on any atom is -0.469 e. The Morgan fingerprint density at radius 1 is 1.25 bits per heavy atom. The first-order chi connectivity index (χ1) is 9.67. The van der Waals surface area contributed by atoms with E-state index in [1.807, 2.05) is 17.5 Å². The monoisotopic (exact) mass is 299 g/mol. The van der Waals surface area contributed by atoms with Crippen molar-refractivity contribution in [2.75, 3.05) is 33.9 Å². The van der Waals surface area contributed by atoms with Crippen LogP contribution in [-0.2, 0) is 25.5 Å². The molecule has 0 aliphatic rings. The van der Waals surface area contributed by atoms with Crippen molar-refractivity contribution in [1.82, 2.24) is 4.90 Å². The van der Waals surface area contributed by atoms with E-state index in [-0.39, 0.29) is 18.3 Å². The molecule has 0 aromatic carbocycles. The van der Waals surface area contributed by atoms with E-state index in [9.17, 15) is 9.59 Å². The summed E-state index contributed by atoms with van der Waals surface area (Å²) < 4.78 is 9.60. The van der Waals surface area contributed by atoms with Crippen molar-refractivity contribution < 1.29 is 19.1 Å². The Balaban J connectivity index is 2.43. The summed E-state index contributed by atoms with van der Waals surface area (Å²) in [7, 11) is 2.94. The number of carbonyl (C=O) groups excluding carboxylic acids is 2. The van der Waals surface area contributed by atoms with Crippen LogP contribution in [0.3, 0.4) is 0 Å². The molecule has 0 saturated heterocycles. The van der Waals surface area contributed by atoms with Crippen LogP contribution in [0.25, 0.3) is 0 Å². The van der Waals surface area contributed by atoms with Gasteiger partial charge < -0.3 is 14.4 Å². The van der Waals surface area contributed by atoms with Crippen molar-refractivity contribution >= 4 is 23.2 Å². The number of aryl methyl sites for hydroxylation is 1. The maximum absolute atomic E-state index is 12.2. The van der Waals surface area contributed by atoms with E-state index >= 15 is 0 Å². The quantitative estimate of drug-likeness (QED) is 0.652. The summed E-state index contributed by atoms with van der Waals surface area (Å²) in [5.74, 6) is -0.266. The Morgan fingerprint density at radius 3 is 2.65 bits per heavy atom. The normalized spacial score (nSPS) is 10.3. The smallest absolute Gasteiger partial charge is 0.307 e. The molecule has 0 fully saturated rings. The molecule has 1 heterocycles. The highest BCUT2D eigenvalue weighted by molar-refractivity contribution is 7.09. The van der Waals surface area contributed by atoms with Crippen LogP contribution in [-0.4, -0.2) is 50.7 Å². The van der Waals surface area contributed by atoms with Crippen molar-refractivity contribution in [3.8, 4) is 0 Å². The zero-order valence-corrected chi connectivity index (χ0v) is 12.8. The summed E-state index contributed by atoms with van der Waals surface area (Å²) in [5, 5.41) is 2.00. The number of amides is 1. The summed E-state index contributed by atoms with van der Waals surface area (Å²) in [6.07, 6.45) is 1.40. The third-order valence-corrected chi connectivity index (χ3v) is 3.83. The molecule has 0 saturated carbocycles. The van der Waals surface area contributed by atoms with Crippen molar-refractivity contribution in [3.63, 3.8) is 0 Å². The minimum absolute atomic E-state index is 0.0411. The number of thiophene rings is 1. The van der Waals surface area contributed by atoms with Crippen LogP contribution in [0.2, 0.25) is 0 Å². The standard InChI is InChI=1S/C14H21NO4S/c1-18-10-9-15(8-7-14(17)19-2)13(16)6-5-12-4-3-11-20-12/h3-4,11H,5-10H2,1-2H3. The van der Waals surface area contributed by atoms with Gasteiger partial charge in [-0.1, -0.05) is 6.07 Å². The Hall–Kier alpha value is -1.40. The first-order valence-electron chi connectivity index (χ1n) is 6.53. The van der Waals surface area contributed by atoms with Crippen LogP contribution in [0.5, 0.6) is 0 Å². The van der Waals surface area contributed by atoms with Crippen molar-refractivity contribution in [2.24, 2.45) is 0 Å². The zero-order valence-electron chi connectivity index (χ0n) is 12.0. The Morgan fingerprint density at radius 2 is 2.05 bits per heavy atom. The first-order valence-corrected chi connectivity index (χ1v) is 7.41. The van der Waals surface area contributed by atoms with Crippen molar-refractivity contribution in [3.05, 3.63) is 22.4 Å². The van der Waals surface area contributed by atoms with Crippen LogP contribution in [0.15, 0.2) is 17.5 Å². The summed E-state index contributed by atoms with van der Waals surface area (Å²) in [5.41, 5.74) is 0. The molecule has 6 heteroatoms. The van der Waals surface area contributed by atoms with Gasteiger partial charge in [-0.05, 0) is 17.9 Å². The summed E-state index contributed by atoms with van der Waals surface area (Å²) in [6, 6.07) is 4.00. The summed E-state index contributed by atoms with van der Waals surface area (Å²) in [6.45, 7) is 1.34. The van der Waals surface area contributed by atoms with Gasteiger partial charge in [-0.3, -0.25) is 9.59 Å². The third kappa shape index (κ3) is 6.16. The fraction of sp³-hybridized carbons (Fsp3) is 0.571. The predicted molar refractivity (Wildman–Crippen MR) is 77.7 cm³/mol. The van der Waals surface area contributed by atoms with Crippen molar-refractivity contribution in [2.45, 2.75) is 19.3 Å². The lowest BCUT2D eigenvalue weighted by atomic mass is 10.2. The number of methoxy groups -OCH3 is 2. The molecule has 20 heavy (non-hydrogen) atoms. The van der Waals surface area contributed by atoms with E-state index in [1.165, 1.54) is 12.0 Å². The van der Waals surface area contributed by atoms with Crippen LogP contribution >= 0.6 is 11.3 Å². The Labute approximate surface area is 123 Å². The second-order valence-electron chi connectivity index (χ2n) is 4.28. The van der Waals surface area contributed by atoms with E-state index in [4.69, 9.17) is 4.74 Å². The second kappa shape index (κ2) is 9.50. The lowest BCUT2D eigenvalue weighted by Gasteiger charge is -2.21. The molecule has 0 bridgehead atoms. The topological polar surface area (TPSA) is 55.8 Å². The van der Waals surface area contributed by atoms with Crippen LogP contribution in [0, 0.1) is 0 Å². The largest absolute Gasteiger partial charge is 0.469 e. The van der Waals surface area contributed by atoms with E-state index in [1.54, 1.807) is 23.3 Å². The molecule has 0 atom stereocenters. The zero-order chi connectivity index (χ0) is 14.8. The molecule has 0 N–H and O–H groups in total. The second-order valence-corrected chi connectivity index (χ2v) is 5.31. The number of ether oxygens (including phenoxy) is 2. The SMILES string of the molecule is COCCN(CCC(=O)OC)C(=O)CCc1cccs1. The fourth-order valence-electron chi connectivity index (χ4n) is 1.73. The Bertz CT molecular complexity index is 405. The van der Waals surface area contributed by atoms with E-state index in [0.717, 1.165) is 6.42 Å². The number of carbonyl (C=O) groups is 2. The Kier molecular flexibility index (Phi) is 7.91. The molecule has 0 spiro atoms. The average Bonchev–Trinajstić information content (AvgIpc) is 2.97. The highest BCUT2D eigenvalue weighted by atomic mass is 32.1. The lowest BCUT2D eigenvalue weighted by molar-refractivity contribution is -0.141. The van der Waals surface area contributed by atoms with E-state index in [0.29, 0.717) is 26.1 Å². The maximum atomic E-state index is 12.2. The molecule has 5 nitrogen and oxygen atoms in total. The van der Waals surface area contributed by atoms with Crippen LogP contribution < -0.4 is 0 Å². The highest BCUT2D eigenvalue weighted by Crippen LogP contribution is 2.12. The van der Waals surface area contributed by atoms with Crippen molar-refractivity contribution in [1.29, 1.82) is 0 Å². The molecule has 1 aromatic heterocycles. The molecule has 1 amide bonds. The average molecular weight is 299 g/mol. The summed E-state index contributed by atoms with van der Waals surface area (Å²) in [4.78, 5) is 26.2. The molecule has 1 aromatic rings. The molecule has 1 rings (SSSR count). The van der Waals surface area contributed by atoms with Gasteiger partial charge in [-0.2, -0.15) is 0 Å². The molecular weight excluding hydrogens is 278 g/mol. The highest BCUT2D eigenvalue weighted by Gasteiger charge is 2.15. The van der Waals surface area contributed by atoms with E-state index < -0.39 is 0 Å². The number of nitrogens with zero attached hydrogens (tertiary/aromatic N) is 1. The molecule has 0 aliphatic heterocycles. The lowest BCUT2D eigenvalue weighted by Crippen LogP contribution is -2.35. The number of hydrogen-bond donors (Lipinski definition) is 0. The predicted octanol–water partition coefficient (Wildman–Crippen LogP) is 1.72. The van der Waals surface area contributed by atoms with Crippen LogP contribution in [0.4, 0.5) is 0 Å². The first kappa shape index (κ1) is 16.7. The van der Waals surface area contributed by atoms with Gasteiger partial charge in [0.25, 0.3) is 0 Å². The maximum Gasteiger partial charge on any atom is 0.307 e. The molecule has 0 unspecified atom stereocenters. The molecule has 0 aliphatic carbocycles. The minimum atomic E-state index is -0.307. The third-order valence-electron chi connectivity index (χ3n) is 2.90. The summed E-state index contributed by atoms with van der Waals surface area (Å²) >= 11 is 1.65.